The quantitative estimate of drug-likeness (QED) is 0.443. The van der Waals surface area contributed by atoms with Crippen molar-refractivity contribution in [3.05, 3.63) is 0 Å². The van der Waals surface area contributed by atoms with E-state index in [9.17, 15) is 0 Å². The van der Waals surface area contributed by atoms with E-state index >= 15 is 0 Å². The van der Waals surface area contributed by atoms with Crippen LogP contribution in [0.2, 0.25) is 0 Å². The molecule has 2 atom stereocenters. The summed E-state index contributed by atoms with van der Waals surface area (Å²) >= 11 is 0. The molecule has 4 heavy (non-hydrogen) atoms. The van der Waals surface area contributed by atoms with E-state index in [0.29, 0.717) is 8.50 Å². The molecule has 0 aliphatic heterocycles. The smallest absolute Gasteiger partial charge is 0.0399 e. The number of hydrogen-bond acceptors (Lipinski definition) is 1. The Kier molecular flexibility index (Phi) is 4.60. The van der Waals surface area contributed by atoms with Crippen LogP contribution in [-0.4, -0.2) is 7.11 Å². The molecular weight excluding hydrogens is 90.0 g/mol. The summed E-state index contributed by atoms with van der Waals surface area (Å²) in [6.07, 6.45) is 0. The molecule has 2 unspecified atom stereocenters. The lowest BCUT2D eigenvalue weighted by molar-refractivity contribution is 0.485. The van der Waals surface area contributed by atoms with Gasteiger partial charge in [-0.25, -0.2) is 0 Å². The first-order chi connectivity index (χ1) is 1.91. The van der Waals surface area contributed by atoms with Gasteiger partial charge in [-0.05, 0) is 0 Å². The molecule has 0 bridgehead atoms. The highest BCUT2D eigenvalue weighted by atomic mass is 32.0. The predicted octanol–water partition coefficient (Wildman–Crippen LogP) is 1.02. The first-order valence-corrected chi connectivity index (χ1v) is 3.62. The summed E-state index contributed by atoms with van der Waals surface area (Å²) in [6, 6.07) is 0. The molecule has 0 aromatic heterocycles. The minimum Gasteiger partial charge on any atom is -0.362 e. The monoisotopic (exact) mass is 96.0 g/mol. The highest BCUT2D eigenvalue weighted by Gasteiger charge is 1.51. The zero-order valence-electron chi connectivity index (χ0n) is 2.49. The second-order valence-electron chi connectivity index (χ2n) is 0.322. The van der Waals surface area contributed by atoms with Crippen LogP contribution in [0.3, 0.4) is 0 Å². The summed E-state index contributed by atoms with van der Waals surface area (Å²) in [7, 11) is 4.69. The van der Waals surface area contributed by atoms with E-state index in [-0.39, 0.29) is 0 Å². The van der Waals surface area contributed by atoms with Gasteiger partial charge in [0, 0.05) is 15.6 Å². The normalized spacial score (nSPS) is 10.5. The van der Waals surface area contributed by atoms with Crippen molar-refractivity contribution in [1.29, 1.82) is 0 Å². The molecule has 26 valence electrons. The largest absolute Gasteiger partial charge is 0.362 e. The van der Waals surface area contributed by atoms with Crippen molar-refractivity contribution in [2.75, 3.05) is 7.11 Å². The molecule has 0 rings (SSSR count). The summed E-state index contributed by atoms with van der Waals surface area (Å²) in [6.45, 7) is 0. The van der Waals surface area contributed by atoms with Crippen LogP contribution in [0.25, 0.3) is 0 Å². The van der Waals surface area contributed by atoms with Crippen LogP contribution < -0.4 is 0 Å². The van der Waals surface area contributed by atoms with E-state index in [2.05, 4.69) is 13.5 Å². The van der Waals surface area contributed by atoms with Crippen LogP contribution in [0.1, 0.15) is 0 Å². The first kappa shape index (κ1) is 4.82. The molecule has 0 fully saturated rings. The van der Waals surface area contributed by atoms with Gasteiger partial charge in [0.2, 0.25) is 0 Å². The zero-order chi connectivity index (χ0) is 3.41. The Morgan fingerprint density at radius 3 is 2.25 bits per heavy atom. The Balaban J connectivity index is 1.97. The van der Waals surface area contributed by atoms with Gasteiger partial charge in [-0.2, -0.15) is 0 Å². The van der Waals surface area contributed by atoms with E-state index in [1.54, 1.807) is 7.11 Å². The van der Waals surface area contributed by atoms with Crippen LogP contribution in [0.5, 0.6) is 0 Å². The van der Waals surface area contributed by atoms with Gasteiger partial charge in [-0.1, -0.05) is 8.93 Å². The SMILES string of the molecule is COPP. The van der Waals surface area contributed by atoms with Gasteiger partial charge >= 0.3 is 0 Å². The first-order valence-electron chi connectivity index (χ1n) is 0.901. The van der Waals surface area contributed by atoms with Crippen LogP contribution in [0, 0.1) is 0 Å². The Labute approximate surface area is 30.1 Å². The fraction of sp³-hybridized carbons (Fsp3) is 1.00. The van der Waals surface area contributed by atoms with Crippen molar-refractivity contribution in [2.24, 2.45) is 0 Å². The van der Waals surface area contributed by atoms with Gasteiger partial charge < -0.3 is 4.52 Å². The van der Waals surface area contributed by atoms with E-state index in [1.165, 1.54) is 0 Å². The molecule has 0 aliphatic rings. The highest BCUT2D eigenvalue weighted by molar-refractivity contribution is 8.00. The third kappa shape index (κ3) is 2.82. The van der Waals surface area contributed by atoms with Crippen LogP contribution in [0.15, 0.2) is 0 Å². The minimum absolute atomic E-state index is 0.557. The maximum Gasteiger partial charge on any atom is 0.0399 e. The van der Waals surface area contributed by atoms with Gasteiger partial charge in [-0.15, -0.1) is 0 Å². The fourth-order valence-corrected chi connectivity index (χ4v) is 0. The summed E-state index contributed by atoms with van der Waals surface area (Å²) in [5, 5.41) is 0. The molecule has 0 saturated carbocycles. The molecule has 0 heterocycles. The molecular formula is CH6OP2. The lowest BCUT2D eigenvalue weighted by Gasteiger charge is -1.76. The van der Waals surface area contributed by atoms with Crippen LogP contribution >= 0.6 is 17.4 Å². The fourth-order valence-electron chi connectivity index (χ4n) is 0. The Bertz CT molecular complexity index is 8.00. The van der Waals surface area contributed by atoms with E-state index in [4.69, 9.17) is 0 Å². The summed E-state index contributed by atoms with van der Waals surface area (Å²) in [4.78, 5) is 0. The third-order valence-electron chi connectivity index (χ3n) is 0.118. The van der Waals surface area contributed by atoms with Gasteiger partial charge in [0.05, 0.1) is 0 Å². The summed E-state index contributed by atoms with van der Waals surface area (Å²) < 4.78 is 4.53. The van der Waals surface area contributed by atoms with Crippen molar-refractivity contribution in [3.63, 3.8) is 0 Å². The molecule has 0 aliphatic carbocycles. The van der Waals surface area contributed by atoms with E-state index in [0.717, 1.165) is 0 Å². The molecule has 0 N–H and O–H groups in total. The van der Waals surface area contributed by atoms with Gasteiger partial charge in [-0.3, -0.25) is 0 Å². The number of hydrogen-bond donors (Lipinski definition) is 0. The average molecular weight is 96.0 g/mol. The zero-order valence-corrected chi connectivity index (χ0v) is 4.64. The lowest BCUT2D eigenvalue weighted by atomic mass is 11.8. The highest BCUT2D eigenvalue weighted by Crippen LogP contribution is 2.17. The molecule has 0 amide bonds. The second kappa shape index (κ2) is 3.82. The predicted molar refractivity (Wildman–Crippen MR) is 25.0 cm³/mol. The second-order valence-corrected chi connectivity index (χ2v) is 1.67. The molecule has 0 aromatic rings. The third-order valence-corrected chi connectivity index (χ3v) is 1.06. The van der Waals surface area contributed by atoms with Crippen LogP contribution in [0.4, 0.5) is 0 Å². The van der Waals surface area contributed by atoms with Gasteiger partial charge in [0.1, 0.15) is 0 Å². The molecule has 3 heteroatoms. The van der Waals surface area contributed by atoms with Crippen molar-refractivity contribution >= 4 is 17.4 Å². The molecule has 0 aromatic carbocycles. The molecule has 0 radical (unpaired) electrons. The number of rotatable bonds is 1. The lowest BCUT2D eigenvalue weighted by Crippen LogP contribution is -1.43. The maximum atomic E-state index is 4.53. The van der Waals surface area contributed by atoms with Crippen molar-refractivity contribution < 1.29 is 4.52 Å². The average Bonchev–Trinajstić information content (AvgIpc) is 1.37. The minimum atomic E-state index is 0.557. The summed E-state index contributed by atoms with van der Waals surface area (Å²) in [5.74, 6) is 0. The van der Waals surface area contributed by atoms with Gasteiger partial charge in [0.25, 0.3) is 0 Å². The van der Waals surface area contributed by atoms with Crippen molar-refractivity contribution in [3.8, 4) is 0 Å². The molecule has 0 spiro atoms. The molecule has 0 saturated heterocycles. The maximum absolute atomic E-state index is 4.53. The van der Waals surface area contributed by atoms with E-state index in [1.807, 2.05) is 0 Å². The topological polar surface area (TPSA) is 9.23 Å². The standard InChI is InChI=1S/CH6OP2/c1-2-4-3/h4H,3H2,1H3. The van der Waals surface area contributed by atoms with Crippen molar-refractivity contribution in [2.45, 2.75) is 0 Å². The Morgan fingerprint density at radius 2 is 2.25 bits per heavy atom. The Hall–Kier alpha value is 0.820. The van der Waals surface area contributed by atoms with E-state index < -0.39 is 0 Å². The van der Waals surface area contributed by atoms with Crippen molar-refractivity contribution in [1.82, 2.24) is 0 Å². The Morgan fingerprint density at radius 1 is 2.00 bits per heavy atom. The van der Waals surface area contributed by atoms with Crippen LogP contribution in [-0.2, 0) is 4.52 Å². The van der Waals surface area contributed by atoms with Gasteiger partial charge in [0.15, 0.2) is 0 Å². The molecule has 1 nitrogen and oxygen atoms in total. The summed E-state index contributed by atoms with van der Waals surface area (Å²) in [5.41, 5.74) is 0.